The van der Waals surface area contributed by atoms with Crippen LogP contribution < -0.4 is 0 Å². The summed E-state index contributed by atoms with van der Waals surface area (Å²) >= 11 is 6.24. The molecule has 0 saturated carbocycles. The van der Waals surface area contributed by atoms with Gasteiger partial charge in [0.25, 0.3) is 0 Å². The highest BCUT2D eigenvalue weighted by molar-refractivity contribution is 6.30. The highest BCUT2D eigenvalue weighted by Crippen LogP contribution is 2.44. The van der Waals surface area contributed by atoms with Crippen LogP contribution in [-0.2, 0) is 0 Å². The van der Waals surface area contributed by atoms with E-state index in [-0.39, 0.29) is 12.0 Å². The number of allylic oxidation sites excluding steroid dienone is 2. The van der Waals surface area contributed by atoms with Crippen LogP contribution in [0.4, 0.5) is 0 Å². The highest BCUT2D eigenvalue weighted by atomic mass is 35.5. The van der Waals surface area contributed by atoms with Gasteiger partial charge in [0.15, 0.2) is 0 Å². The van der Waals surface area contributed by atoms with Crippen LogP contribution in [-0.4, -0.2) is 41.3 Å². The molecule has 2 heterocycles. The van der Waals surface area contributed by atoms with Gasteiger partial charge in [-0.1, -0.05) is 35.9 Å². The first-order chi connectivity index (χ1) is 11.6. The Morgan fingerprint density at radius 3 is 2.75 bits per heavy atom. The van der Waals surface area contributed by atoms with Crippen LogP contribution in [0.5, 0.6) is 0 Å². The maximum atomic E-state index is 10.6. The second-order valence-electron chi connectivity index (χ2n) is 7.11. The topological polar surface area (TPSA) is 26.7 Å². The van der Waals surface area contributed by atoms with Crippen LogP contribution in [0, 0.1) is 5.92 Å². The maximum Gasteiger partial charge on any atom is 0.0877 e. The first-order valence-electron chi connectivity index (χ1n) is 8.65. The SMILES string of the molecule is CN1CCC(C2c3ccc(Cl)cc3C=CC3=CC=CN(O)C32)CC1. The summed E-state index contributed by atoms with van der Waals surface area (Å²) in [4.78, 5) is 2.39. The predicted molar refractivity (Wildman–Crippen MR) is 98.1 cm³/mol. The first kappa shape index (κ1) is 15.9. The largest absolute Gasteiger partial charge is 0.306 e. The first-order valence-corrected chi connectivity index (χ1v) is 9.03. The third kappa shape index (κ3) is 2.81. The monoisotopic (exact) mass is 342 g/mol. The van der Waals surface area contributed by atoms with E-state index in [4.69, 9.17) is 11.6 Å². The van der Waals surface area contributed by atoms with Gasteiger partial charge in [-0.15, -0.1) is 0 Å². The van der Waals surface area contributed by atoms with Crippen LogP contribution in [0.2, 0.25) is 5.02 Å². The van der Waals surface area contributed by atoms with Crippen LogP contribution in [0.3, 0.4) is 0 Å². The molecule has 2 unspecified atom stereocenters. The summed E-state index contributed by atoms with van der Waals surface area (Å²) in [6, 6.07) is 6.15. The van der Waals surface area contributed by atoms with Gasteiger partial charge < -0.3 is 4.90 Å². The van der Waals surface area contributed by atoms with Gasteiger partial charge in [0.2, 0.25) is 0 Å². The average molecular weight is 343 g/mol. The van der Waals surface area contributed by atoms with E-state index in [9.17, 15) is 5.21 Å². The van der Waals surface area contributed by atoms with Crippen molar-refractivity contribution in [3.63, 3.8) is 0 Å². The van der Waals surface area contributed by atoms with E-state index >= 15 is 0 Å². The van der Waals surface area contributed by atoms with Crippen LogP contribution in [0.25, 0.3) is 6.08 Å². The highest BCUT2D eigenvalue weighted by Gasteiger charge is 2.39. The van der Waals surface area contributed by atoms with E-state index in [1.165, 1.54) is 16.2 Å². The number of fused-ring (bicyclic) bond motifs is 2. The number of rotatable bonds is 1. The number of benzene rings is 1. The molecule has 0 bridgehead atoms. The average Bonchev–Trinajstić information content (AvgIpc) is 2.73. The van der Waals surface area contributed by atoms with Gasteiger partial charge in [0.05, 0.1) is 6.04 Å². The molecule has 3 aliphatic rings. The molecule has 2 aliphatic heterocycles. The molecule has 2 atom stereocenters. The predicted octanol–water partition coefficient (Wildman–Crippen LogP) is 4.31. The number of piperidine rings is 1. The third-order valence-corrected chi connectivity index (χ3v) is 5.86. The van der Waals surface area contributed by atoms with Crippen LogP contribution in [0.15, 0.2) is 48.2 Å². The Hall–Kier alpha value is -1.55. The van der Waals surface area contributed by atoms with Gasteiger partial charge in [0, 0.05) is 17.1 Å². The summed E-state index contributed by atoms with van der Waals surface area (Å²) in [5, 5.41) is 12.8. The van der Waals surface area contributed by atoms with Crippen molar-refractivity contribution in [1.29, 1.82) is 0 Å². The molecule has 4 heteroatoms. The summed E-state index contributed by atoms with van der Waals surface area (Å²) in [6.45, 7) is 2.23. The van der Waals surface area contributed by atoms with Gasteiger partial charge in [-0.25, -0.2) is 0 Å². The van der Waals surface area contributed by atoms with Crippen LogP contribution >= 0.6 is 11.6 Å². The summed E-state index contributed by atoms with van der Waals surface area (Å²) in [5.74, 6) is 0.817. The molecule has 0 amide bonds. The Morgan fingerprint density at radius 1 is 1.17 bits per heavy atom. The van der Waals surface area contributed by atoms with Gasteiger partial charge in [-0.3, -0.25) is 10.3 Å². The van der Waals surface area contributed by atoms with E-state index in [2.05, 4.69) is 36.2 Å². The van der Waals surface area contributed by atoms with Gasteiger partial charge in [-0.2, -0.15) is 0 Å². The number of likely N-dealkylation sites (tertiary alicyclic amines) is 1. The fourth-order valence-electron chi connectivity index (χ4n) is 4.36. The van der Waals surface area contributed by atoms with Crippen molar-refractivity contribution < 1.29 is 5.21 Å². The van der Waals surface area contributed by atoms with E-state index in [0.29, 0.717) is 5.92 Å². The molecule has 0 radical (unpaired) electrons. The van der Waals surface area contributed by atoms with Crippen molar-refractivity contribution >= 4 is 17.7 Å². The summed E-state index contributed by atoms with van der Waals surface area (Å²) in [5.41, 5.74) is 3.64. The van der Waals surface area contributed by atoms with Crippen molar-refractivity contribution in [3.8, 4) is 0 Å². The van der Waals surface area contributed by atoms with Gasteiger partial charge >= 0.3 is 0 Å². The molecular formula is C20H23ClN2O. The Labute approximate surface area is 148 Å². The molecule has 1 aliphatic carbocycles. The minimum Gasteiger partial charge on any atom is -0.306 e. The normalized spacial score (nSPS) is 27.5. The third-order valence-electron chi connectivity index (χ3n) is 5.63. The molecule has 1 aromatic rings. The lowest BCUT2D eigenvalue weighted by atomic mass is 9.73. The van der Waals surface area contributed by atoms with Crippen molar-refractivity contribution in [2.75, 3.05) is 20.1 Å². The van der Waals surface area contributed by atoms with Crippen molar-refractivity contribution in [1.82, 2.24) is 9.96 Å². The fraction of sp³-hybridized carbons (Fsp3) is 0.400. The Morgan fingerprint density at radius 2 is 1.96 bits per heavy atom. The minimum absolute atomic E-state index is 0.0259. The molecule has 0 spiro atoms. The fourth-order valence-corrected chi connectivity index (χ4v) is 4.54. The standard InChI is InChI=1S/C20H23ClN2O/c1-22-11-8-14(9-12-22)19-18-7-6-17(21)13-16(18)5-4-15-3-2-10-23(24)20(15)19/h2-7,10,13-14,19-20,24H,8-9,11-12H2,1H3. The van der Waals surface area contributed by atoms with Crippen molar-refractivity contribution in [3.05, 3.63) is 64.3 Å². The molecule has 3 nitrogen and oxygen atoms in total. The summed E-state index contributed by atoms with van der Waals surface area (Å²) in [6.07, 6.45) is 12.4. The molecule has 1 saturated heterocycles. The van der Waals surface area contributed by atoms with Crippen LogP contribution in [0.1, 0.15) is 29.9 Å². The Balaban J connectivity index is 1.80. The number of hydroxylamine groups is 2. The van der Waals surface area contributed by atoms with Crippen molar-refractivity contribution in [2.24, 2.45) is 5.92 Å². The molecule has 24 heavy (non-hydrogen) atoms. The Kier molecular flexibility index (Phi) is 4.25. The Bertz CT molecular complexity index is 716. The van der Waals surface area contributed by atoms with Gasteiger partial charge in [0.1, 0.15) is 0 Å². The summed E-state index contributed by atoms with van der Waals surface area (Å²) < 4.78 is 0. The molecule has 1 fully saturated rings. The minimum atomic E-state index is -0.0259. The van der Waals surface area contributed by atoms with Crippen molar-refractivity contribution in [2.45, 2.75) is 24.8 Å². The molecular weight excluding hydrogens is 320 g/mol. The number of halogens is 1. The number of nitrogens with zero attached hydrogens (tertiary/aromatic N) is 2. The lowest BCUT2D eigenvalue weighted by Crippen LogP contribution is -2.42. The second kappa shape index (κ2) is 6.40. The molecule has 126 valence electrons. The van der Waals surface area contributed by atoms with E-state index < -0.39 is 0 Å². The number of hydrogen-bond acceptors (Lipinski definition) is 3. The molecule has 0 aromatic heterocycles. The zero-order chi connectivity index (χ0) is 16.7. The smallest absolute Gasteiger partial charge is 0.0877 e. The lowest BCUT2D eigenvalue weighted by molar-refractivity contribution is -0.0824. The zero-order valence-electron chi connectivity index (χ0n) is 13.9. The number of hydrogen-bond donors (Lipinski definition) is 1. The van der Waals surface area contributed by atoms with E-state index in [1.54, 1.807) is 6.20 Å². The van der Waals surface area contributed by atoms with E-state index in [0.717, 1.165) is 36.5 Å². The second-order valence-corrected chi connectivity index (χ2v) is 7.54. The lowest BCUT2D eigenvalue weighted by Gasteiger charge is -2.41. The van der Waals surface area contributed by atoms with E-state index in [1.807, 2.05) is 18.2 Å². The molecule has 4 rings (SSSR count). The zero-order valence-corrected chi connectivity index (χ0v) is 14.7. The molecule has 1 N–H and O–H groups in total. The summed E-state index contributed by atoms with van der Waals surface area (Å²) in [7, 11) is 2.19. The van der Waals surface area contributed by atoms with Gasteiger partial charge in [-0.05, 0) is 73.8 Å². The molecule has 1 aromatic carbocycles. The maximum absolute atomic E-state index is 10.6. The quantitative estimate of drug-likeness (QED) is 0.824.